The van der Waals surface area contributed by atoms with Crippen LogP contribution in [-0.4, -0.2) is 29.9 Å². The topological polar surface area (TPSA) is 92.3 Å². The van der Waals surface area contributed by atoms with Crippen LogP contribution in [-0.2, 0) is 6.54 Å². The summed E-state index contributed by atoms with van der Waals surface area (Å²) in [7, 11) is 0. The molecule has 0 aliphatic carbocycles. The Morgan fingerprint density at radius 2 is 2.16 bits per heavy atom. The lowest BCUT2D eigenvalue weighted by molar-refractivity contribution is 1.02. The first-order valence-electron chi connectivity index (χ1n) is 7.75. The second kappa shape index (κ2) is 6.73. The van der Waals surface area contributed by atoms with Gasteiger partial charge in [0.1, 0.15) is 10.1 Å². The number of hydrogen-bond donors (Lipinski definition) is 2. The number of aromatic amines is 1. The second-order valence-corrected chi connectivity index (χ2v) is 6.39. The highest BCUT2D eigenvalue weighted by molar-refractivity contribution is 9.10. The highest BCUT2D eigenvalue weighted by Gasteiger charge is 2.12. The number of nitrogens with zero attached hydrogens (tertiary/aromatic N) is 5. The molecule has 0 aromatic carbocycles. The maximum atomic E-state index is 7.94. The van der Waals surface area contributed by atoms with E-state index in [0.29, 0.717) is 39.9 Å². The third-order valence-electron chi connectivity index (χ3n) is 3.41. The molecular weight excluding hydrogens is 406 g/mol. The van der Waals surface area contributed by atoms with Crippen LogP contribution in [0.2, 0.25) is 6.43 Å². The van der Waals surface area contributed by atoms with Gasteiger partial charge in [-0.05, 0) is 34.1 Å². The predicted octanol–water partition coefficient (Wildman–Crippen LogP) is 3.84. The van der Waals surface area contributed by atoms with Gasteiger partial charge >= 0.3 is 0 Å². The van der Waals surface area contributed by atoms with Gasteiger partial charge in [0.2, 0.25) is 0 Å². The summed E-state index contributed by atoms with van der Waals surface area (Å²) in [5.41, 5.74) is 2.39. The summed E-state index contributed by atoms with van der Waals surface area (Å²) in [6.07, 6.45) is 4.54. The van der Waals surface area contributed by atoms with Gasteiger partial charge in [0.05, 0.1) is 23.6 Å². The Hall–Kier alpha value is -2.58. The molecule has 0 amide bonds. The normalized spacial score (nSPS) is 11.5. The van der Waals surface area contributed by atoms with Gasteiger partial charge in [-0.2, -0.15) is 0 Å². The van der Waals surface area contributed by atoms with Crippen LogP contribution < -0.4 is 5.32 Å². The Labute approximate surface area is 157 Å². The number of H-pyrrole nitrogens is 1. The summed E-state index contributed by atoms with van der Waals surface area (Å²) in [6, 6.07) is 7.39. The summed E-state index contributed by atoms with van der Waals surface area (Å²) >= 11 is 9.37. The van der Waals surface area contributed by atoms with Gasteiger partial charge in [0.15, 0.2) is 18.7 Å². The molecule has 4 rings (SSSR count). The molecule has 0 saturated heterocycles. The van der Waals surface area contributed by atoms with E-state index < -0.39 is 0 Å². The van der Waals surface area contributed by atoms with Gasteiger partial charge in [-0.1, -0.05) is 17.7 Å². The fourth-order valence-electron chi connectivity index (χ4n) is 2.30. The van der Waals surface area contributed by atoms with Crippen LogP contribution in [0.15, 0.2) is 47.6 Å². The van der Waals surface area contributed by atoms with E-state index >= 15 is 0 Å². The van der Waals surface area contributed by atoms with Gasteiger partial charge in [-0.25, -0.2) is 19.9 Å². The summed E-state index contributed by atoms with van der Waals surface area (Å²) < 4.78 is 8.70. The molecule has 7 nitrogen and oxygen atoms in total. The molecule has 0 bridgehead atoms. The molecule has 124 valence electrons. The average Bonchev–Trinajstić information content (AvgIpc) is 3.01. The molecule has 0 saturated carbocycles. The average molecular weight is 418 g/mol. The Bertz CT molecular complexity index is 1100. The van der Waals surface area contributed by atoms with E-state index in [1.165, 1.54) is 12.5 Å². The van der Waals surface area contributed by atoms with Crippen molar-refractivity contribution in [3.05, 3.63) is 58.3 Å². The van der Waals surface area contributed by atoms with E-state index in [1.807, 2.05) is 18.2 Å². The molecule has 0 atom stereocenters. The van der Waals surface area contributed by atoms with Crippen molar-refractivity contribution >= 4 is 44.5 Å². The monoisotopic (exact) mass is 416 g/mol. The number of pyridine rings is 2. The lowest BCUT2D eigenvalue weighted by atomic mass is 10.2. The van der Waals surface area contributed by atoms with Gasteiger partial charge in [0, 0.05) is 18.0 Å². The molecule has 9 heteroatoms. The largest absolute Gasteiger partial charge is 0.362 e. The van der Waals surface area contributed by atoms with Gasteiger partial charge in [-0.15, -0.1) is 0 Å². The Balaban J connectivity index is 1.75. The quantitative estimate of drug-likeness (QED) is 0.490. The number of imidazole rings is 1. The van der Waals surface area contributed by atoms with Crippen LogP contribution in [0.4, 0.5) is 5.82 Å². The van der Waals surface area contributed by atoms with Crippen LogP contribution in [0.1, 0.15) is 5.69 Å². The molecule has 25 heavy (non-hydrogen) atoms. The van der Waals surface area contributed by atoms with Crippen LogP contribution in [0.3, 0.4) is 0 Å². The number of hydrogen-bond acceptors (Lipinski definition) is 6. The Kier molecular flexibility index (Phi) is 3.97. The molecule has 0 radical (unpaired) electrons. The van der Waals surface area contributed by atoms with Crippen molar-refractivity contribution in [1.82, 2.24) is 29.9 Å². The Morgan fingerprint density at radius 3 is 3.00 bits per heavy atom. The van der Waals surface area contributed by atoms with Crippen molar-refractivity contribution in [2.24, 2.45) is 0 Å². The molecule has 0 aliphatic heterocycles. The summed E-state index contributed by atoms with van der Waals surface area (Å²) in [6.45, 7) is 0.448. The molecule has 0 aliphatic rings. The van der Waals surface area contributed by atoms with Crippen LogP contribution in [0.5, 0.6) is 0 Å². The molecule has 4 aromatic rings. The predicted molar refractivity (Wildman–Crippen MR) is 99.2 cm³/mol. The standard InChI is InChI=1S/C16H11BrClN7/c17-12-3-1-2-11(23-12)7-20-15-13-16(22-8-21-13)25-14(24-15)9-4-10(18)6-19-5-9/h1-6,8H,7H2,(H2,20,21,22,24,25)/i/hD. The van der Waals surface area contributed by atoms with E-state index in [4.69, 9.17) is 13.0 Å². The lowest BCUT2D eigenvalue weighted by Gasteiger charge is -2.08. The first-order chi connectivity index (χ1) is 12.6. The lowest BCUT2D eigenvalue weighted by Crippen LogP contribution is -2.05. The van der Waals surface area contributed by atoms with Crippen molar-refractivity contribution in [3.63, 3.8) is 0 Å². The zero-order valence-corrected chi connectivity index (χ0v) is 15.0. The van der Waals surface area contributed by atoms with E-state index in [1.54, 1.807) is 12.3 Å². The maximum absolute atomic E-state index is 7.94. The first-order valence-corrected chi connectivity index (χ1v) is 8.48. The number of nitrogens with one attached hydrogen (secondary N) is 2. The van der Waals surface area contributed by atoms with Crippen molar-refractivity contribution in [1.29, 1.82) is 0 Å². The van der Waals surface area contributed by atoms with E-state index in [9.17, 15) is 0 Å². The third kappa shape index (κ3) is 3.45. The zero-order chi connectivity index (χ0) is 18.1. The van der Waals surface area contributed by atoms with Crippen molar-refractivity contribution in [2.75, 3.05) is 5.32 Å². The highest BCUT2D eigenvalue weighted by Crippen LogP contribution is 2.24. The van der Waals surface area contributed by atoms with Crippen LogP contribution >= 0.6 is 27.5 Å². The van der Waals surface area contributed by atoms with E-state index in [2.05, 4.69) is 46.2 Å². The maximum Gasteiger partial charge on any atom is 0.169 e. The molecule has 4 heterocycles. The summed E-state index contributed by atoms with van der Waals surface area (Å²) in [5, 5.41) is 3.71. The van der Waals surface area contributed by atoms with Crippen molar-refractivity contribution in [3.8, 4) is 11.4 Å². The first kappa shape index (κ1) is 14.7. The number of rotatable bonds is 4. The number of fused-ring (bicyclic) bond motifs is 1. The molecular formula is C16H11BrClN7. The summed E-state index contributed by atoms with van der Waals surface area (Å²) in [5.74, 6) is 0.920. The minimum absolute atomic E-state index is 0.389. The van der Waals surface area contributed by atoms with Crippen molar-refractivity contribution in [2.45, 2.75) is 6.54 Å². The number of aromatic nitrogens is 6. The molecule has 2 N–H and O–H groups in total. The van der Waals surface area contributed by atoms with Crippen LogP contribution in [0.25, 0.3) is 22.6 Å². The van der Waals surface area contributed by atoms with Gasteiger partial charge in [-0.3, -0.25) is 4.98 Å². The van der Waals surface area contributed by atoms with Gasteiger partial charge < -0.3 is 10.3 Å². The van der Waals surface area contributed by atoms with Gasteiger partial charge in [0.25, 0.3) is 0 Å². The molecule has 0 fully saturated rings. The minimum atomic E-state index is 0.389. The fourth-order valence-corrected chi connectivity index (χ4v) is 2.86. The fraction of sp³-hybridized carbons (Fsp3) is 0.0625. The SMILES string of the molecule is [2H]n1cnc2c(NCc3cccc(Br)n3)nc(-c3cncc(Cl)c3)nc21. The smallest absolute Gasteiger partial charge is 0.169 e. The highest BCUT2D eigenvalue weighted by atomic mass is 79.9. The minimum Gasteiger partial charge on any atom is -0.362 e. The number of anilines is 1. The third-order valence-corrected chi connectivity index (χ3v) is 4.05. The van der Waals surface area contributed by atoms with Crippen molar-refractivity contribution < 1.29 is 1.41 Å². The second-order valence-electron chi connectivity index (χ2n) is 5.14. The molecule has 0 unspecified atom stereocenters. The van der Waals surface area contributed by atoms with Crippen LogP contribution in [0, 0.1) is 0 Å². The number of halogens is 2. The zero-order valence-electron chi connectivity index (χ0n) is 13.7. The Morgan fingerprint density at radius 1 is 1.24 bits per heavy atom. The molecule has 4 aromatic heterocycles. The van der Waals surface area contributed by atoms with E-state index in [-0.39, 0.29) is 0 Å². The summed E-state index contributed by atoms with van der Waals surface area (Å²) in [4.78, 5) is 22.7. The van der Waals surface area contributed by atoms with E-state index in [0.717, 1.165) is 15.3 Å². The molecule has 0 spiro atoms.